The minimum atomic E-state index is -0.640. The van der Waals surface area contributed by atoms with Gasteiger partial charge in [0, 0.05) is 23.1 Å². The fourth-order valence-electron chi connectivity index (χ4n) is 3.15. The minimum Gasteiger partial charge on any atom is -0.497 e. The van der Waals surface area contributed by atoms with Crippen LogP contribution in [0.25, 0.3) is 0 Å². The number of carbonyl (C=O) groups excluding carboxylic acids is 1. The molecule has 2 aromatic rings. The average Bonchev–Trinajstić information content (AvgIpc) is 2.62. The molecule has 0 bridgehead atoms. The fraction of sp³-hybridized carbons (Fsp3) is 0.381. The summed E-state index contributed by atoms with van der Waals surface area (Å²) < 4.78 is 17.1. The van der Waals surface area contributed by atoms with E-state index < -0.39 is 11.7 Å². The van der Waals surface area contributed by atoms with E-state index in [-0.39, 0.29) is 11.9 Å². The Bertz CT molecular complexity index is 819. The molecule has 1 aliphatic rings. The summed E-state index contributed by atoms with van der Waals surface area (Å²) in [5, 5.41) is 3.71. The van der Waals surface area contributed by atoms with Crippen LogP contribution in [-0.2, 0) is 4.79 Å². The highest BCUT2D eigenvalue weighted by molar-refractivity contribution is 6.30. The van der Waals surface area contributed by atoms with Crippen molar-refractivity contribution in [2.24, 2.45) is 0 Å². The van der Waals surface area contributed by atoms with Crippen molar-refractivity contribution in [3.8, 4) is 17.2 Å². The van der Waals surface area contributed by atoms with E-state index in [0.717, 1.165) is 17.1 Å². The maximum Gasteiger partial charge on any atom is 0.261 e. The van der Waals surface area contributed by atoms with E-state index in [0.29, 0.717) is 17.2 Å². The van der Waals surface area contributed by atoms with Gasteiger partial charge in [-0.05, 0) is 57.2 Å². The van der Waals surface area contributed by atoms with Crippen molar-refractivity contribution in [3.63, 3.8) is 0 Å². The Morgan fingerprint density at radius 2 is 1.89 bits per heavy atom. The van der Waals surface area contributed by atoms with Gasteiger partial charge in [-0.15, -0.1) is 0 Å². The molecule has 0 unspecified atom stereocenters. The smallest absolute Gasteiger partial charge is 0.261 e. The molecule has 1 aliphatic heterocycles. The van der Waals surface area contributed by atoms with Crippen LogP contribution in [0.1, 0.15) is 38.8 Å². The predicted octanol–water partition coefficient (Wildman–Crippen LogP) is 4.53. The summed E-state index contributed by atoms with van der Waals surface area (Å²) in [5.74, 6) is 1.85. The maximum atomic E-state index is 12.7. The van der Waals surface area contributed by atoms with Crippen molar-refractivity contribution < 1.29 is 19.0 Å². The molecule has 0 saturated carbocycles. The number of benzene rings is 2. The van der Waals surface area contributed by atoms with Crippen LogP contribution >= 0.6 is 11.6 Å². The molecular formula is C21H24ClNO4. The van der Waals surface area contributed by atoms with E-state index in [4.69, 9.17) is 25.8 Å². The molecular weight excluding hydrogens is 366 g/mol. The van der Waals surface area contributed by atoms with Gasteiger partial charge in [-0.25, -0.2) is 0 Å². The third-order valence-corrected chi connectivity index (χ3v) is 4.74. The Kier molecular flexibility index (Phi) is 5.51. The molecule has 0 fully saturated rings. The van der Waals surface area contributed by atoms with Gasteiger partial charge in [0.2, 0.25) is 0 Å². The lowest BCUT2D eigenvalue weighted by atomic mass is 9.89. The molecule has 5 nitrogen and oxygen atoms in total. The number of methoxy groups -OCH3 is 1. The largest absolute Gasteiger partial charge is 0.497 e. The molecule has 0 aromatic heterocycles. The molecule has 0 saturated heterocycles. The monoisotopic (exact) mass is 389 g/mol. The number of fused-ring (bicyclic) bond motifs is 1. The van der Waals surface area contributed by atoms with Crippen molar-refractivity contribution in [2.75, 3.05) is 7.11 Å². The quantitative estimate of drug-likeness (QED) is 0.815. The van der Waals surface area contributed by atoms with E-state index in [1.807, 2.05) is 32.0 Å². The van der Waals surface area contributed by atoms with Crippen LogP contribution in [0.3, 0.4) is 0 Å². The lowest BCUT2D eigenvalue weighted by Crippen LogP contribution is -2.44. The van der Waals surface area contributed by atoms with Gasteiger partial charge in [0.05, 0.1) is 13.2 Å². The zero-order valence-corrected chi connectivity index (χ0v) is 16.7. The molecule has 1 heterocycles. The third-order valence-electron chi connectivity index (χ3n) is 4.49. The van der Waals surface area contributed by atoms with Crippen molar-refractivity contribution in [1.82, 2.24) is 5.32 Å². The van der Waals surface area contributed by atoms with Crippen molar-refractivity contribution >= 4 is 17.5 Å². The second kappa shape index (κ2) is 7.69. The number of ether oxygens (including phenoxy) is 3. The number of amides is 1. The average molecular weight is 390 g/mol. The molecule has 144 valence electrons. The van der Waals surface area contributed by atoms with E-state index in [1.54, 1.807) is 38.3 Å². The van der Waals surface area contributed by atoms with Gasteiger partial charge >= 0.3 is 0 Å². The van der Waals surface area contributed by atoms with Gasteiger partial charge in [-0.2, -0.15) is 0 Å². The number of nitrogens with one attached hydrogen (secondary N) is 1. The molecule has 1 N–H and O–H groups in total. The second-order valence-corrected chi connectivity index (χ2v) is 7.68. The van der Waals surface area contributed by atoms with Crippen molar-refractivity contribution in [3.05, 3.63) is 53.1 Å². The molecule has 0 radical (unpaired) electrons. The summed E-state index contributed by atoms with van der Waals surface area (Å²) in [5.41, 5.74) is 0.527. The second-order valence-electron chi connectivity index (χ2n) is 7.24. The lowest BCUT2D eigenvalue weighted by Gasteiger charge is -2.38. The SMILES string of the molecule is COc1ccc2c(c1)OC(C)(C)C[C@H]2NC(=O)[C@@H](C)Oc1ccc(Cl)cc1. The molecule has 3 rings (SSSR count). The molecule has 6 heteroatoms. The number of rotatable bonds is 5. The van der Waals surface area contributed by atoms with E-state index in [2.05, 4.69) is 5.32 Å². The standard InChI is InChI=1S/C21H24ClNO4/c1-13(26-15-7-5-14(22)6-8-15)20(24)23-18-12-21(2,3)27-19-11-16(25-4)9-10-17(18)19/h5-11,13,18H,12H2,1-4H3,(H,23,24)/t13-,18-/m1/s1. The summed E-state index contributed by atoms with van der Waals surface area (Å²) in [6.07, 6.45) is 0.0185. The Morgan fingerprint density at radius 3 is 2.56 bits per heavy atom. The van der Waals surface area contributed by atoms with E-state index in [1.165, 1.54) is 0 Å². The lowest BCUT2D eigenvalue weighted by molar-refractivity contribution is -0.128. The summed E-state index contributed by atoms with van der Waals surface area (Å²) >= 11 is 5.88. The first-order valence-electron chi connectivity index (χ1n) is 8.87. The van der Waals surface area contributed by atoms with Gasteiger partial charge in [0.25, 0.3) is 5.91 Å². The van der Waals surface area contributed by atoms with Gasteiger partial charge in [0.1, 0.15) is 22.8 Å². The van der Waals surface area contributed by atoms with Gasteiger partial charge < -0.3 is 19.5 Å². The normalized spacial score (nSPS) is 18.6. The molecule has 0 spiro atoms. The first-order chi connectivity index (χ1) is 12.8. The highest BCUT2D eigenvalue weighted by atomic mass is 35.5. The Hall–Kier alpha value is -2.40. The Balaban J connectivity index is 1.74. The summed E-state index contributed by atoms with van der Waals surface area (Å²) in [6.45, 7) is 5.73. The van der Waals surface area contributed by atoms with Gasteiger partial charge in [-0.1, -0.05) is 11.6 Å². The zero-order valence-electron chi connectivity index (χ0n) is 15.9. The fourth-order valence-corrected chi connectivity index (χ4v) is 3.27. The highest BCUT2D eigenvalue weighted by Crippen LogP contribution is 2.41. The van der Waals surface area contributed by atoms with Crippen molar-refractivity contribution in [2.45, 2.75) is 44.9 Å². The first kappa shape index (κ1) is 19.4. The van der Waals surface area contributed by atoms with Crippen LogP contribution in [0.15, 0.2) is 42.5 Å². The molecule has 27 heavy (non-hydrogen) atoms. The van der Waals surface area contributed by atoms with E-state index in [9.17, 15) is 4.79 Å². The zero-order chi connectivity index (χ0) is 19.6. The summed E-state index contributed by atoms with van der Waals surface area (Å²) in [4.78, 5) is 12.7. The topological polar surface area (TPSA) is 56.8 Å². The minimum absolute atomic E-state index is 0.168. The van der Waals surface area contributed by atoms with Gasteiger partial charge in [-0.3, -0.25) is 4.79 Å². The van der Waals surface area contributed by atoms with E-state index >= 15 is 0 Å². The van der Waals surface area contributed by atoms with Crippen LogP contribution in [0.5, 0.6) is 17.2 Å². The molecule has 0 aliphatic carbocycles. The number of hydrogen-bond acceptors (Lipinski definition) is 4. The third kappa shape index (κ3) is 4.66. The van der Waals surface area contributed by atoms with Crippen LogP contribution in [0, 0.1) is 0 Å². The van der Waals surface area contributed by atoms with Crippen molar-refractivity contribution in [1.29, 1.82) is 0 Å². The number of carbonyl (C=O) groups is 1. The van der Waals surface area contributed by atoms with Crippen LogP contribution in [0.4, 0.5) is 0 Å². The Morgan fingerprint density at radius 1 is 1.22 bits per heavy atom. The maximum absolute atomic E-state index is 12.7. The number of halogens is 1. The highest BCUT2D eigenvalue weighted by Gasteiger charge is 2.35. The van der Waals surface area contributed by atoms with Crippen LogP contribution in [0.2, 0.25) is 5.02 Å². The number of hydrogen-bond donors (Lipinski definition) is 1. The van der Waals surface area contributed by atoms with Crippen LogP contribution in [-0.4, -0.2) is 24.7 Å². The van der Waals surface area contributed by atoms with Crippen LogP contribution < -0.4 is 19.5 Å². The molecule has 1 amide bonds. The Labute approximate surface area is 164 Å². The summed E-state index contributed by atoms with van der Waals surface area (Å²) in [7, 11) is 1.62. The molecule has 2 atom stereocenters. The first-order valence-corrected chi connectivity index (χ1v) is 9.25. The van der Waals surface area contributed by atoms with Gasteiger partial charge in [0.15, 0.2) is 6.10 Å². The predicted molar refractivity (Wildman–Crippen MR) is 105 cm³/mol. The summed E-state index contributed by atoms with van der Waals surface area (Å²) in [6, 6.07) is 12.4. The molecule has 2 aromatic carbocycles.